The van der Waals surface area contributed by atoms with Gasteiger partial charge in [0, 0.05) is 24.8 Å². The van der Waals surface area contributed by atoms with Gasteiger partial charge in [-0.05, 0) is 31.0 Å². The molecule has 112 valence electrons. The molecule has 1 aliphatic rings. The van der Waals surface area contributed by atoms with E-state index >= 15 is 0 Å². The average Bonchev–Trinajstić information content (AvgIpc) is 2.40. The Hall–Kier alpha value is -1.27. The van der Waals surface area contributed by atoms with Gasteiger partial charge in [0.25, 0.3) is 0 Å². The van der Waals surface area contributed by atoms with E-state index in [2.05, 4.69) is 5.32 Å². The van der Waals surface area contributed by atoms with Crippen LogP contribution in [0, 0.1) is 5.92 Å². The maximum absolute atomic E-state index is 11.5. The fourth-order valence-corrected chi connectivity index (χ4v) is 3.38. The first-order chi connectivity index (χ1) is 9.41. The monoisotopic (exact) mass is 298 g/mol. The quantitative estimate of drug-likeness (QED) is 0.735. The molecule has 0 heterocycles. The third-order valence-electron chi connectivity index (χ3n) is 3.94. The smallest absolute Gasteiger partial charge is 0.175 e. The molecule has 1 saturated carbocycles. The summed E-state index contributed by atoms with van der Waals surface area (Å²) in [7, 11) is -3.24. The number of hydrogen-bond donors (Lipinski definition) is 3. The van der Waals surface area contributed by atoms with Crippen LogP contribution in [0.25, 0.3) is 0 Å². The summed E-state index contributed by atoms with van der Waals surface area (Å²) >= 11 is 0. The van der Waals surface area contributed by atoms with Crippen molar-refractivity contribution in [3.05, 3.63) is 18.2 Å². The van der Waals surface area contributed by atoms with E-state index in [0.29, 0.717) is 5.69 Å². The normalized spacial score (nSPS) is 23.5. The predicted octanol–water partition coefficient (Wildman–Crippen LogP) is 1.64. The van der Waals surface area contributed by atoms with Crippen molar-refractivity contribution in [3.8, 4) is 0 Å². The molecule has 0 aromatic heterocycles. The van der Waals surface area contributed by atoms with Crippen LogP contribution in [0.1, 0.15) is 25.7 Å². The van der Waals surface area contributed by atoms with Crippen LogP contribution < -0.4 is 11.1 Å². The molecule has 2 unspecified atom stereocenters. The summed E-state index contributed by atoms with van der Waals surface area (Å²) in [4.78, 5) is 0.225. The fourth-order valence-electron chi connectivity index (χ4n) is 2.72. The number of rotatable bonds is 4. The molecule has 1 aromatic rings. The molecule has 0 amide bonds. The summed E-state index contributed by atoms with van der Waals surface area (Å²) in [6.45, 7) is 0.166. The number of anilines is 2. The summed E-state index contributed by atoms with van der Waals surface area (Å²) in [5.41, 5.74) is 7.10. The molecule has 0 spiro atoms. The number of sulfone groups is 1. The van der Waals surface area contributed by atoms with Crippen LogP contribution in [-0.2, 0) is 9.84 Å². The standard InChI is InChI=1S/C14H22N2O3S/c1-20(18,19)11-6-7-14(12(15)8-11)16-13-5-3-2-4-10(13)9-17/h6-8,10,13,16-17H,2-5,9,15H2,1H3. The van der Waals surface area contributed by atoms with Gasteiger partial charge in [-0.3, -0.25) is 0 Å². The van der Waals surface area contributed by atoms with Gasteiger partial charge in [0.15, 0.2) is 9.84 Å². The number of nitrogen functional groups attached to an aromatic ring is 1. The SMILES string of the molecule is CS(=O)(=O)c1ccc(NC2CCCCC2CO)c(N)c1. The Morgan fingerprint density at radius 2 is 2.05 bits per heavy atom. The van der Waals surface area contributed by atoms with E-state index in [1.807, 2.05) is 0 Å². The van der Waals surface area contributed by atoms with Crippen LogP contribution in [0.15, 0.2) is 23.1 Å². The van der Waals surface area contributed by atoms with E-state index in [1.54, 1.807) is 12.1 Å². The minimum atomic E-state index is -3.24. The number of benzene rings is 1. The molecule has 4 N–H and O–H groups in total. The van der Waals surface area contributed by atoms with Crippen molar-refractivity contribution < 1.29 is 13.5 Å². The molecule has 0 radical (unpaired) electrons. The van der Waals surface area contributed by atoms with E-state index < -0.39 is 9.84 Å². The Balaban J connectivity index is 2.17. The zero-order valence-electron chi connectivity index (χ0n) is 11.7. The largest absolute Gasteiger partial charge is 0.397 e. The highest BCUT2D eigenvalue weighted by atomic mass is 32.2. The Morgan fingerprint density at radius 1 is 1.35 bits per heavy atom. The lowest BCUT2D eigenvalue weighted by molar-refractivity contribution is 0.178. The van der Waals surface area contributed by atoms with Crippen molar-refractivity contribution in [2.24, 2.45) is 5.92 Å². The molecule has 6 heteroatoms. The predicted molar refractivity (Wildman–Crippen MR) is 80.4 cm³/mol. The van der Waals surface area contributed by atoms with E-state index in [0.717, 1.165) is 37.6 Å². The highest BCUT2D eigenvalue weighted by molar-refractivity contribution is 7.90. The highest BCUT2D eigenvalue weighted by Crippen LogP contribution is 2.30. The Labute approximate surface area is 120 Å². The maximum Gasteiger partial charge on any atom is 0.175 e. The van der Waals surface area contributed by atoms with Crippen LogP contribution in [0.4, 0.5) is 11.4 Å². The summed E-state index contributed by atoms with van der Waals surface area (Å²) < 4.78 is 23.0. The average molecular weight is 298 g/mol. The second-order valence-electron chi connectivity index (χ2n) is 5.50. The highest BCUT2D eigenvalue weighted by Gasteiger charge is 2.24. The van der Waals surface area contributed by atoms with Gasteiger partial charge in [0.1, 0.15) is 0 Å². The minimum absolute atomic E-state index is 0.166. The van der Waals surface area contributed by atoms with E-state index in [9.17, 15) is 13.5 Å². The summed E-state index contributed by atoms with van der Waals surface area (Å²) in [5, 5.41) is 12.8. The molecule has 1 aliphatic carbocycles. The third kappa shape index (κ3) is 3.43. The van der Waals surface area contributed by atoms with Crippen LogP contribution in [0.2, 0.25) is 0 Å². The van der Waals surface area contributed by atoms with Crippen LogP contribution in [0.3, 0.4) is 0 Å². The Kier molecular flexibility index (Phi) is 4.55. The van der Waals surface area contributed by atoms with E-state index in [1.165, 1.54) is 6.07 Å². The number of nitrogens with two attached hydrogens (primary N) is 1. The van der Waals surface area contributed by atoms with Gasteiger partial charge in [-0.15, -0.1) is 0 Å². The molecular formula is C14H22N2O3S. The number of hydrogen-bond acceptors (Lipinski definition) is 5. The topological polar surface area (TPSA) is 92.4 Å². The van der Waals surface area contributed by atoms with Gasteiger partial charge in [-0.1, -0.05) is 12.8 Å². The van der Waals surface area contributed by atoms with Crippen molar-refractivity contribution in [3.63, 3.8) is 0 Å². The molecule has 2 atom stereocenters. The number of aliphatic hydroxyl groups is 1. The lowest BCUT2D eigenvalue weighted by Crippen LogP contribution is -2.34. The van der Waals surface area contributed by atoms with Crippen molar-refractivity contribution in [1.82, 2.24) is 0 Å². The summed E-state index contributed by atoms with van der Waals surface area (Å²) in [5.74, 6) is 0.234. The third-order valence-corrected chi connectivity index (χ3v) is 5.05. The zero-order chi connectivity index (χ0) is 14.8. The molecule has 5 nitrogen and oxygen atoms in total. The van der Waals surface area contributed by atoms with Crippen molar-refractivity contribution in [2.75, 3.05) is 23.9 Å². The molecule has 1 fully saturated rings. The molecule has 0 saturated heterocycles. The minimum Gasteiger partial charge on any atom is -0.397 e. The van der Waals surface area contributed by atoms with E-state index in [-0.39, 0.29) is 23.5 Å². The van der Waals surface area contributed by atoms with Crippen molar-refractivity contribution in [1.29, 1.82) is 0 Å². The first-order valence-electron chi connectivity index (χ1n) is 6.89. The Bertz CT molecular complexity index is 572. The van der Waals surface area contributed by atoms with Crippen molar-refractivity contribution >= 4 is 21.2 Å². The van der Waals surface area contributed by atoms with Crippen molar-refractivity contribution in [2.45, 2.75) is 36.6 Å². The first-order valence-corrected chi connectivity index (χ1v) is 8.78. The van der Waals surface area contributed by atoms with Gasteiger partial charge in [-0.25, -0.2) is 8.42 Å². The number of nitrogens with one attached hydrogen (secondary N) is 1. The van der Waals surface area contributed by atoms with Gasteiger partial charge in [0.2, 0.25) is 0 Å². The second-order valence-corrected chi connectivity index (χ2v) is 7.51. The van der Waals surface area contributed by atoms with Gasteiger partial charge in [-0.2, -0.15) is 0 Å². The lowest BCUT2D eigenvalue weighted by atomic mass is 9.85. The van der Waals surface area contributed by atoms with E-state index in [4.69, 9.17) is 5.73 Å². The molecule has 1 aromatic carbocycles. The van der Waals surface area contributed by atoms with Crippen LogP contribution >= 0.6 is 0 Å². The maximum atomic E-state index is 11.5. The van der Waals surface area contributed by atoms with Gasteiger partial charge >= 0.3 is 0 Å². The zero-order valence-corrected chi connectivity index (χ0v) is 12.5. The first kappa shape index (κ1) is 15.1. The molecule has 2 rings (SSSR count). The fraction of sp³-hybridized carbons (Fsp3) is 0.571. The Morgan fingerprint density at radius 3 is 2.65 bits per heavy atom. The molecule has 20 heavy (non-hydrogen) atoms. The lowest BCUT2D eigenvalue weighted by Gasteiger charge is -2.32. The summed E-state index contributed by atoms with van der Waals surface area (Å²) in [6.07, 6.45) is 5.45. The summed E-state index contributed by atoms with van der Waals surface area (Å²) in [6, 6.07) is 4.94. The van der Waals surface area contributed by atoms with Crippen LogP contribution in [0.5, 0.6) is 0 Å². The van der Waals surface area contributed by atoms with Gasteiger partial charge < -0.3 is 16.2 Å². The van der Waals surface area contributed by atoms with Gasteiger partial charge in [0.05, 0.1) is 16.3 Å². The molecule has 0 bridgehead atoms. The second kappa shape index (κ2) is 6.01. The number of aliphatic hydroxyl groups excluding tert-OH is 1. The molecular weight excluding hydrogens is 276 g/mol. The molecule has 0 aliphatic heterocycles. The van der Waals surface area contributed by atoms with Crippen LogP contribution in [-0.4, -0.2) is 32.4 Å².